The van der Waals surface area contributed by atoms with Gasteiger partial charge in [-0.1, -0.05) is 19.9 Å². The van der Waals surface area contributed by atoms with Gasteiger partial charge >= 0.3 is 0 Å². The van der Waals surface area contributed by atoms with Gasteiger partial charge in [-0.05, 0) is 43.0 Å². The molecule has 0 unspecified atom stereocenters. The van der Waals surface area contributed by atoms with Crippen molar-refractivity contribution in [1.29, 1.82) is 0 Å². The second-order valence-electron chi connectivity index (χ2n) is 3.36. The molecule has 0 spiro atoms. The van der Waals surface area contributed by atoms with E-state index in [-0.39, 0.29) is 0 Å². The highest BCUT2D eigenvalue weighted by Crippen LogP contribution is 2.17. The van der Waals surface area contributed by atoms with E-state index in [1.165, 1.54) is 11.1 Å². The fraction of sp³-hybridized carbons (Fsp3) is 0.500. The predicted molar refractivity (Wildman–Crippen MR) is 56.3 cm³/mol. The third kappa shape index (κ3) is 3.10. The van der Waals surface area contributed by atoms with Gasteiger partial charge < -0.3 is 4.74 Å². The molecule has 0 heterocycles. The molecule has 1 rings (SSSR count). The minimum absolute atomic E-state index is 0.812. The summed E-state index contributed by atoms with van der Waals surface area (Å²) < 4.78 is 5.58. The third-order valence-electron chi connectivity index (χ3n) is 1.99. The van der Waals surface area contributed by atoms with Crippen LogP contribution in [0.5, 0.6) is 5.75 Å². The van der Waals surface area contributed by atoms with Gasteiger partial charge in [-0.25, -0.2) is 0 Å². The van der Waals surface area contributed by atoms with Crippen LogP contribution in [0.1, 0.15) is 31.4 Å². The maximum absolute atomic E-state index is 5.58. The average Bonchev–Trinajstić information content (AvgIpc) is 2.14. The van der Waals surface area contributed by atoms with E-state index in [9.17, 15) is 0 Å². The van der Waals surface area contributed by atoms with Crippen molar-refractivity contribution in [3.63, 3.8) is 0 Å². The van der Waals surface area contributed by atoms with E-state index >= 15 is 0 Å². The first-order chi connectivity index (χ1) is 6.26. The van der Waals surface area contributed by atoms with Gasteiger partial charge in [0.25, 0.3) is 0 Å². The zero-order valence-electron chi connectivity index (χ0n) is 8.76. The molecule has 1 heteroatoms. The van der Waals surface area contributed by atoms with Crippen molar-refractivity contribution in [2.45, 2.75) is 33.6 Å². The molecule has 0 aliphatic carbocycles. The van der Waals surface area contributed by atoms with Crippen molar-refractivity contribution in [3.8, 4) is 5.75 Å². The van der Waals surface area contributed by atoms with Crippen molar-refractivity contribution in [2.75, 3.05) is 6.61 Å². The Morgan fingerprint density at radius 1 is 1.15 bits per heavy atom. The SMILES string of the molecule is CCCOc1cc(C)cc(CC)c1. The molecule has 13 heavy (non-hydrogen) atoms. The summed E-state index contributed by atoms with van der Waals surface area (Å²) in [5, 5.41) is 0. The van der Waals surface area contributed by atoms with Crippen molar-refractivity contribution in [3.05, 3.63) is 29.3 Å². The largest absolute Gasteiger partial charge is 0.494 e. The second-order valence-corrected chi connectivity index (χ2v) is 3.36. The van der Waals surface area contributed by atoms with Crippen molar-refractivity contribution >= 4 is 0 Å². The molecule has 0 saturated carbocycles. The van der Waals surface area contributed by atoms with Crippen LogP contribution in [-0.2, 0) is 6.42 Å². The third-order valence-corrected chi connectivity index (χ3v) is 1.99. The minimum atomic E-state index is 0.812. The Bertz CT molecular complexity index is 266. The van der Waals surface area contributed by atoms with Gasteiger partial charge in [-0.2, -0.15) is 0 Å². The van der Waals surface area contributed by atoms with Gasteiger partial charge in [0, 0.05) is 0 Å². The van der Waals surface area contributed by atoms with Crippen LogP contribution in [0.25, 0.3) is 0 Å². The van der Waals surface area contributed by atoms with Crippen molar-refractivity contribution in [2.24, 2.45) is 0 Å². The van der Waals surface area contributed by atoms with Gasteiger partial charge in [0.05, 0.1) is 6.61 Å². The van der Waals surface area contributed by atoms with Crippen molar-refractivity contribution < 1.29 is 4.74 Å². The molecule has 0 aliphatic rings. The normalized spacial score (nSPS) is 10.1. The number of hydrogen-bond donors (Lipinski definition) is 0. The fourth-order valence-corrected chi connectivity index (χ4v) is 1.33. The van der Waals surface area contributed by atoms with E-state index in [1.54, 1.807) is 0 Å². The number of aryl methyl sites for hydroxylation is 2. The molecule has 1 aromatic carbocycles. The Kier molecular flexibility index (Phi) is 3.81. The fourth-order valence-electron chi connectivity index (χ4n) is 1.33. The highest BCUT2D eigenvalue weighted by atomic mass is 16.5. The number of hydrogen-bond acceptors (Lipinski definition) is 1. The van der Waals surface area contributed by atoms with Crippen LogP contribution in [0.4, 0.5) is 0 Å². The summed E-state index contributed by atoms with van der Waals surface area (Å²) in [6.07, 6.45) is 2.14. The monoisotopic (exact) mass is 178 g/mol. The zero-order chi connectivity index (χ0) is 9.68. The van der Waals surface area contributed by atoms with Crippen LogP contribution >= 0.6 is 0 Å². The topological polar surface area (TPSA) is 9.23 Å². The molecular weight excluding hydrogens is 160 g/mol. The summed E-state index contributed by atoms with van der Waals surface area (Å²) in [4.78, 5) is 0. The van der Waals surface area contributed by atoms with E-state index in [0.29, 0.717) is 0 Å². The summed E-state index contributed by atoms with van der Waals surface area (Å²) in [6, 6.07) is 6.43. The molecule has 1 aromatic rings. The van der Waals surface area contributed by atoms with Gasteiger partial charge in [0.2, 0.25) is 0 Å². The average molecular weight is 178 g/mol. The highest BCUT2D eigenvalue weighted by Gasteiger charge is 1.97. The molecule has 72 valence electrons. The molecular formula is C12H18O. The van der Waals surface area contributed by atoms with Crippen LogP contribution < -0.4 is 4.74 Å². The maximum Gasteiger partial charge on any atom is 0.119 e. The molecule has 0 aromatic heterocycles. The van der Waals surface area contributed by atoms with Gasteiger partial charge in [0.15, 0.2) is 0 Å². The van der Waals surface area contributed by atoms with E-state index in [1.807, 2.05) is 0 Å². The first kappa shape index (κ1) is 10.1. The van der Waals surface area contributed by atoms with Crippen LogP contribution in [0.3, 0.4) is 0 Å². The minimum Gasteiger partial charge on any atom is -0.494 e. The van der Waals surface area contributed by atoms with Crippen LogP contribution in [0.2, 0.25) is 0 Å². The van der Waals surface area contributed by atoms with Gasteiger partial charge in [-0.15, -0.1) is 0 Å². The lowest BCUT2D eigenvalue weighted by Crippen LogP contribution is -1.96. The number of ether oxygens (including phenoxy) is 1. The van der Waals surface area contributed by atoms with Crippen LogP contribution in [0.15, 0.2) is 18.2 Å². The standard InChI is InChI=1S/C12H18O/c1-4-6-13-12-8-10(3)7-11(5-2)9-12/h7-9H,4-6H2,1-3H3. The summed E-state index contributed by atoms with van der Waals surface area (Å²) in [5.74, 6) is 1.01. The van der Waals surface area contributed by atoms with E-state index in [0.717, 1.165) is 25.2 Å². The first-order valence-electron chi connectivity index (χ1n) is 4.99. The van der Waals surface area contributed by atoms with Gasteiger partial charge in [-0.3, -0.25) is 0 Å². The molecule has 0 radical (unpaired) electrons. The molecule has 0 saturated heterocycles. The molecule has 0 bridgehead atoms. The molecule has 0 aliphatic heterocycles. The lowest BCUT2D eigenvalue weighted by Gasteiger charge is -2.07. The molecule has 0 atom stereocenters. The molecule has 0 fully saturated rings. The molecule has 0 amide bonds. The highest BCUT2D eigenvalue weighted by molar-refractivity contribution is 5.33. The Labute approximate surface area is 80.7 Å². The van der Waals surface area contributed by atoms with Crippen molar-refractivity contribution in [1.82, 2.24) is 0 Å². The van der Waals surface area contributed by atoms with Crippen LogP contribution in [-0.4, -0.2) is 6.61 Å². The Morgan fingerprint density at radius 2 is 1.92 bits per heavy atom. The van der Waals surface area contributed by atoms with Gasteiger partial charge in [0.1, 0.15) is 5.75 Å². The summed E-state index contributed by atoms with van der Waals surface area (Å²) in [6.45, 7) is 7.21. The summed E-state index contributed by atoms with van der Waals surface area (Å²) in [7, 11) is 0. The Balaban J connectivity index is 2.76. The quantitative estimate of drug-likeness (QED) is 0.687. The molecule has 0 N–H and O–H groups in total. The van der Waals surface area contributed by atoms with E-state index in [2.05, 4.69) is 39.0 Å². The van der Waals surface area contributed by atoms with Crippen LogP contribution in [0, 0.1) is 6.92 Å². The zero-order valence-corrected chi connectivity index (χ0v) is 8.76. The Morgan fingerprint density at radius 3 is 2.54 bits per heavy atom. The first-order valence-corrected chi connectivity index (χ1v) is 4.99. The predicted octanol–water partition coefficient (Wildman–Crippen LogP) is 3.35. The number of benzene rings is 1. The number of rotatable bonds is 4. The lowest BCUT2D eigenvalue weighted by molar-refractivity contribution is 0.317. The summed E-state index contributed by atoms with van der Waals surface area (Å²) >= 11 is 0. The molecule has 1 nitrogen and oxygen atoms in total. The Hall–Kier alpha value is -0.980. The maximum atomic E-state index is 5.58. The second kappa shape index (κ2) is 4.90. The van der Waals surface area contributed by atoms with E-state index in [4.69, 9.17) is 4.74 Å². The summed E-state index contributed by atoms with van der Waals surface area (Å²) in [5.41, 5.74) is 2.64. The lowest BCUT2D eigenvalue weighted by atomic mass is 10.1. The smallest absolute Gasteiger partial charge is 0.119 e. The van der Waals surface area contributed by atoms with E-state index < -0.39 is 0 Å².